The van der Waals surface area contributed by atoms with Gasteiger partial charge in [-0.15, -0.1) is 0 Å². The van der Waals surface area contributed by atoms with E-state index in [0.717, 1.165) is 9.99 Å². The molecule has 0 saturated heterocycles. The number of anilines is 1. The number of hydrogen-bond acceptors (Lipinski definition) is 2. The van der Waals surface area contributed by atoms with Crippen LogP contribution in [0, 0.1) is 0 Å². The highest BCUT2D eigenvalue weighted by atomic mass is 79.9. The first-order chi connectivity index (χ1) is 10.6. The fourth-order valence-electron chi connectivity index (χ4n) is 2.44. The Hall–Kier alpha value is -2.13. The summed E-state index contributed by atoms with van der Waals surface area (Å²) in [5.41, 5.74) is 4.54. The number of halogens is 1. The van der Waals surface area contributed by atoms with Crippen molar-refractivity contribution in [2.75, 3.05) is 19.0 Å². The van der Waals surface area contributed by atoms with Gasteiger partial charge in [0.1, 0.15) is 0 Å². The van der Waals surface area contributed by atoms with Crippen LogP contribution in [0.25, 0.3) is 23.1 Å². The Morgan fingerprint density at radius 3 is 2.59 bits per heavy atom. The SMILES string of the molecule is CN(C)c1ccc(/C=C/c2ccnc3ccccc23)cc1Br. The molecule has 0 atom stereocenters. The molecule has 110 valence electrons. The number of fused-ring (bicyclic) bond motifs is 1. The molecule has 0 aliphatic heterocycles. The lowest BCUT2D eigenvalue weighted by molar-refractivity contribution is 1.12. The van der Waals surface area contributed by atoms with Crippen molar-refractivity contribution in [2.24, 2.45) is 0 Å². The van der Waals surface area contributed by atoms with E-state index in [4.69, 9.17) is 0 Å². The topological polar surface area (TPSA) is 16.1 Å². The molecule has 0 amide bonds. The van der Waals surface area contributed by atoms with Crippen molar-refractivity contribution in [3.8, 4) is 0 Å². The number of rotatable bonds is 3. The summed E-state index contributed by atoms with van der Waals surface area (Å²) in [6.45, 7) is 0. The molecule has 3 rings (SSSR count). The monoisotopic (exact) mass is 352 g/mol. The van der Waals surface area contributed by atoms with E-state index >= 15 is 0 Å². The maximum atomic E-state index is 4.40. The minimum atomic E-state index is 1.02. The van der Waals surface area contributed by atoms with Crippen LogP contribution in [0.3, 0.4) is 0 Å². The second-order valence-electron chi connectivity index (χ2n) is 5.36. The van der Waals surface area contributed by atoms with E-state index in [1.165, 1.54) is 22.2 Å². The second-order valence-corrected chi connectivity index (χ2v) is 6.21. The van der Waals surface area contributed by atoms with Gasteiger partial charge in [0, 0.05) is 30.2 Å². The minimum Gasteiger partial charge on any atom is -0.377 e. The summed E-state index contributed by atoms with van der Waals surface area (Å²) < 4.78 is 1.10. The van der Waals surface area contributed by atoms with E-state index in [-0.39, 0.29) is 0 Å². The first-order valence-electron chi connectivity index (χ1n) is 7.14. The number of pyridine rings is 1. The molecule has 1 aromatic heterocycles. The van der Waals surface area contributed by atoms with Crippen LogP contribution >= 0.6 is 15.9 Å². The molecule has 0 N–H and O–H groups in total. The molecule has 0 bridgehead atoms. The number of nitrogens with zero attached hydrogens (tertiary/aromatic N) is 2. The zero-order valence-corrected chi connectivity index (χ0v) is 14.2. The highest BCUT2D eigenvalue weighted by molar-refractivity contribution is 9.10. The van der Waals surface area contributed by atoms with Crippen molar-refractivity contribution in [2.45, 2.75) is 0 Å². The highest BCUT2D eigenvalue weighted by Gasteiger charge is 2.02. The quantitative estimate of drug-likeness (QED) is 0.641. The first-order valence-corrected chi connectivity index (χ1v) is 7.93. The molecule has 0 aliphatic carbocycles. The van der Waals surface area contributed by atoms with E-state index < -0.39 is 0 Å². The summed E-state index contributed by atoms with van der Waals surface area (Å²) in [5, 5.41) is 1.17. The van der Waals surface area contributed by atoms with E-state index in [1.807, 2.05) is 44.6 Å². The standard InChI is InChI=1S/C19H17BrN2/c1-22(2)19-10-8-14(13-17(19)20)7-9-15-11-12-21-18-6-4-3-5-16(15)18/h3-13H,1-2H3/b9-7+. The Morgan fingerprint density at radius 1 is 1.00 bits per heavy atom. The maximum absolute atomic E-state index is 4.40. The molecule has 1 heterocycles. The van der Waals surface area contributed by atoms with Crippen LogP contribution < -0.4 is 4.90 Å². The Bertz CT molecular complexity index is 832. The molecular formula is C19H17BrN2. The summed E-state index contributed by atoms with van der Waals surface area (Å²) in [5.74, 6) is 0. The van der Waals surface area contributed by atoms with Crippen LogP contribution in [0.5, 0.6) is 0 Å². The van der Waals surface area contributed by atoms with Gasteiger partial charge in [-0.1, -0.05) is 36.4 Å². The highest BCUT2D eigenvalue weighted by Crippen LogP contribution is 2.27. The molecule has 0 aliphatic rings. The molecule has 0 saturated carbocycles. The van der Waals surface area contributed by atoms with Crippen LogP contribution in [-0.2, 0) is 0 Å². The predicted octanol–water partition coefficient (Wildman–Crippen LogP) is 5.23. The first kappa shape index (κ1) is 14.8. The van der Waals surface area contributed by atoms with E-state index in [0.29, 0.717) is 0 Å². The molecule has 0 radical (unpaired) electrons. The minimum absolute atomic E-state index is 1.02. The number of hydrogen-bond donors (Lipinski definition) is 0. The predicted molar refractivity (Wildman–Crippen MR) is 99.1 cm³/mol. The van der Waals surface area contributed by atoms with Gasteiger partial charge in [0.05, 0.1) is 11.2 Å². The summed E-state index contributed by atoms with van der Waals surface area (Å²) in [6, 6.07) is 16.6. The Balaban J connectivity index is 1.95. The second kappa shape index (κ2) is 6.32. The van der Waals surface area contributed by atoms with Gasteiger partial charge in [0.15, 0.2) is 0 Å². The molecule has 0 spiro atoms. The van der Waals surface area contributed by atoms with Crippen LogP contribution in [0.15, 0.2) is 59.2 Å². The van der Waals surface area contributed by atoms with Crippen LogP contribution in [0.1, 0.15) is 11.1 Å². The van der Waals surface area contributed by atoms with Gasteiger partial charge in [-0.25, -0.2) is 0 Å². The van der Waals surface area contributed by atoms with E-state index in [2.05, 4.69) is 62.2 Å². The maximum Gasteiger partial charge on any atom is 0.0707 e. The van der Waals surface area contributed by atoms with Gasteiger partial charge in [-0.2, -0.15) is 0 Å². The molecular weight excluding hydrogens is 336 g/mol. The van der Waals surface area contributed by atoms with Crippen molar-refractivity contribution >= 4 is 44.7 Å². The lowest BCUT2D eigenvalue weighted by Gasteiger charge is -2.14. The molecule has 2 aromatic carbocycles. The summed E-state index contributed by atoms with van der Waals surface area (Å²) in [4.78, 5) is 6.49. The van der Waals surface area contributed by atoms with Gasteiger partial charge in [0.25, 0.3) is 0 Å². The third kappa shape index (κ3) is 3.04. The molecule has 3 aromatic rings. The molecule has 2 nitrogen and oxygen atoms in total. The number of para-hydroxylation sites is 1. The molecule has 0 fully saturated rings. The zero-order valence-electron chi connectivity index (χ0n) is 12.6. The van der Waals surface area contributed by atoms with Crippen molar-refractivity contribution < 1.29 is 0 Å². The van der Waals surface area contributed by atoms with Gasteiger partial charge in [-0.3, -0.25) is 4.98 Å². The fraction of sp³-hybridized carbons (Fsp3) is 0.105. The molecule has 3 heteroatoms. The lowest BCUT2D eigenvalue weighted by Crippen LogP contribution is -2.09. The smallest absolute Gasteiger partial charge is 0.0707 e. The normalized spacial score (nSPS) is 11.2. The fourth-order valence-corrected chi connectivity index (χ4v) is 3.19. The van der Waals surface area contributed by atoms with Crippen molar-refractivity contribution in [3.05, 3.63) is 70.3 Å². The largest absolute Gasteiger partial charge is 0.377 e. The van der Waals surface area contributed by atoms with Crippen LogP contribution in [0.4, 0.5) is 5.69 Å². The molecule has 22 heavy (non-hydrogen) atoms. The van der Waals surface area contributed by atoms with Crippen LogP contribution in [-0.4, -0.2) is 19.1 Å². The lowest BCUT2D eigenvalue weighted by atomic mass is 10.1. The number of aromatic nitrogens is 1. The van der Waals surface area contributed by atoms with Gasteiger partial charge in [-0.05, 0) is 51.3 Å². The Kier molecular flexibility index (Phi) is 4.25. The summed E-state index contributed by atoms with van der Waals surface area (Å²) in [6.07, 6.45) is 6.13. The number of benzene rings is 2. The summed E-state index contributed by atoms with van der Waals surface area (Å²) >= 11 is 3.63. The average molecular weight is 353 g/mol. The van der Waals surface area contributed by atoms with E-state index in [1.54, 1.807) is 0 Å². The Morgan fingerprint density at radius 2 is 1.82 bits per heavy atom. The molecule has 0 unspecified atom stereocenters. The van der Waals surface area contributed by atoms with Gasteiger partial charge >= 0.3 is 0 Å². The van der Waals surface area contributed by atoms with Gasteiger partial charge in [0.2, 0.25) is 0 Å². The third-order valence-corrected chi connectivity index (χ3v) is 4.23. The van der Waals surface area contributed by atoms with Gasteiger partial charge < -0.3 is 4.90 Å². The van der Waals surface area contributed by atoms with Crippen molar-refractivity contribution in [3.63, 3.8) is 0 Å². The summed E-state index contributed by atoms with van der Waals surface area (Å²) in [7, 11) is 4.08. The average Bonchev–Trinajstić information content (AvgIpc) is 2.52. The third-order valence-electron chi connectivity index (χ3n) is 3.59. The van der Waals surface area contributed by atoms with Crippen molar-refractivity contribution in [1.82, 2.24) is 4.98 Å². The van der Waals surface area contributed by atoms with E-state index in [9.17, 15) is 0 Å². The Labute approximate surface area is 139 Å². The van der Waals surface area contributed by atoms with Crippen LogP contribution in [0.2, 0.25) is 0 Å². The van der Waals surface area contributed by atoms with Crippen molar-refractivity contribution in [1.29, 1.82) is 0 Å². The zero-order chi connectivity index (χ0) is 15.5.